The molecule has 6 nitrogen and oxygen atoms in total. The predicted molar refractivity (Wildman–Crippen MR) is 72.4 cm³/mol. The topological polar surface area (TPSA) is 63.0 Å². The summed E-state index contributed by atoms with van der Waals surface area (Å²) in [5.41, 5.74) is 0. The monoisotopic (exact) mass is 265 g/mol. The second-order valence-corrected chi connectivity index (χ2v) is 5.52. The van der Waals surface area contributed by atoms with Crippen molar-refractivity contribution in [3.8, 4) is 0 Å². The summed E-state index contributed by atoms with van der Waals surface area (Å²) in [6.07, 6.45) is 3.61. The lowest BCUT2D eigenvalue weighted by atomic mass is 10.0. The smallest absolute Gasteiger partial charge is 0.240 e. The first-order chi connectivity index (χ1) is 9.00. The summed E-state index contributed by atoms with van der Waals surface area (Å²) in [5.74, 6) is 1.01. The van der Waals surface area contributed by atoms with Crippen LogP contribution in [0.4, 0.5) is 0 Å². The van der Waals surface area contributed by atoms with Crippen LogP contribution in [0.25, 0.3) is 0 Å². The number of likely N-dealkylation sites (tertiary alicyclic amines) is 1. The van der Waals surface area contributed by atoms with E-state index in [9.17, 15) is 4.79 Å². The van der Waals surface area contributed by atoms with E-state index < -0.39 is 0 Å². The largest absolute Gasteiger partial charge is 0.331 e. The highest BCUT2D eigenvalue weighted by atomic mass is 16.2. The first kappa shape index (κ1) is 14.0. The van der Waals surface area contributed by atoms with Gasteiger partial charge in [0.05, 0.1) is 12.1 Å². The average molecular weight is 265 g/mol. The molecule has 0 bridgehead atoms. The van der Waals surface area contributed by atoms with Crippen LogP contribution in [0.2, 0.25) is 0 Å². The summed E-state index contributed by atoms with van der Waals surface area (Å²) < 4.78 is 1.87. The van der Waals surface area contributed by atoms with E-state index in [2.05, 4.69) is 29.4 Å². The van der Waals surface area contributed by atoms with Crippen molar-refractivity contribution in [3.05, 3.63) is 12.2 Å². The highest BCUT2D eigenvalue weighted by molar-refractivity contribution is 5.83. The van der Waals surface area contributed by atoms with Crippen LogP contribution in [0.15, 0.2) is 6.33 Å². The van der Waals surface area contributed by atoms with Gasteiger partial charge in [0.2, 0.25) is 5.91 Å². The summed E-state index contributed by atoms with van der Waals surface area (Å²) in [6.45, 7) is 6.94. The van der Waals surface area contributed by atoms with Crippen molar-refractivity contribution in [1.29, 1.82) is 0 Å². The molecule has 0 spiro atoms. The number of aryl methyl sites for hydroxylation is 1. The Kier molecular flexibility index (Phi) is 4.19. The van der Waals surface area contributed by atoms with Crippen LogP contribution in [-0.4, -0.2) is 44.2 Å². The molecule has 1 aliphatic rings. The fraction of sp³-hybridized carbons (Fsp3) is 0.769. The molecular weight excluding hydrogens is 242 g/mol. The van der Waals surface area contributed by atoms with Gasteiger partial charge >= 0.3 is 0 Å². The van der Waals surface area contributed by atoms with Gasteiger partial charge in [-0.15, -0.1) is 10.2 Å². The van der Waals surface area contributed by atoms with Crippen molar-refractivity contribution in [2.75, 3.05) is 6.54 Å². The molecule has 106 valence electrons. The Labute approximate surface area is 114 Å². The van der Waals surface area contributed by atoms with E-state index in [1.165, 1.54) is 0 Å². The van der Waals surface area contributed by atoms with E-state index in [1.807, 2.05) is 23.4 Å². The predicted octanol–water partition coefficient (Wildman–Crippen LogP) is 0.865. The van der Waals surface area contributed by atoms with Crippen LogP contribution < -0.4 is 5.32 Å². The minimum absolute atomic E-state index is 0.0308. The van der Waals surface area contributed by atoms with E-state index in [-0.39, 0.29) is 18.0 Å². The van der Waals surface area contributed by atoms with Crippen LogP contribution in [0.5, 0.6) is 0 Å². The fourth-order valence-electron chi connectivity index (χ4n) is 2.65. The number of rotatable bonds is 4. The summed E-state index contributed by atoms with van der Waals surface area (Å²) in [6, 6.07) is 0.222. The van der Waals surface area contributed by atoms with Crippen LogP contribution in [-0.2, 0) is 11.8 Å². The molecule has 2 unspecified atom stereocenters. The van der Waals surface area contributed by atoms with E-state index in [0.29, 0.717) is 6.04 Å². The van der Waals surface area contributed by atoms with Gasteiger partial charge in [-0.25, -0.2) is 0 Å². The van der Waals surface area contributed by atoms with E-state index in [1.54, 1.807) is 6.33 Å². The van der Waals surface area contributed by atoms with Crippen molar-refractivity contribution in [2.45, 2.75) is 51.7 Å². The third-order valence-corrected chi connectivity index (χ3v) is 3.60. The zero-order valence-corrected chi connectivity index (χ0v) is 12.1. The second-order valence-electron chi connectivity index (χ2n) is 5.52. The van der Waals surface area contributed by atoms with Gasteiger partial charge in [-0.3, -0.25) is 4.79 Å². The fourth-order valence-corrected chi connectivity index (χ4v) is 2.65. The van der Waals surface area contributed by atoms with Gasteiger partial charge in [-0.05, 0) is 19.8 Å². The molecule has 19 heavy (non-hydrogen) atoms. The molecule has 1 fully saturated rings. The van der Waals surface area contributed by atoms with Gasteiger partial charge in [0.15, 0.2) is 5.82 Å². The molecule has 1 saturated heterocycles. The Morgan fingerprint density at radius 2 is 2.16 bits per heavy atom. The number of aromatic nitrogens is 3. The SMILES string of the molecule is CC(C)NC1CCCN(C(C)c2nncn2C)C1=O. The number of carbonyl (C=O) groups excluding carboxylic acids is 1. The standard InChI is InChI=1S/C13H23N5O/c1-9(2)15-11-6-5-7-18(13(11)19)10(3)12-16-14-8-17(12)4/h8-11,15H,5-7H2,1-4H3. The van der Waals surface area contributed by atoms with E-state index >= 15 is 0 Å². The molecule has 2 rings (SSSR count). The van der Waals surface area contributed by atoms with Gasteiger partial charge in [-0.2, -0.15) is 0 Å². The highest BCUT2D eigenvalue weighted by Gasteiger charge is 2.33. The number of carbonyl (C=O) groups is 1. The Balaban J connectivity index is 2.11. The van der Waals surface area contributed by atoms with Crippen molar-refractivity contribution >= 4 is 5.91 Å². The third-order valence-electron chi connectivity index (χ3n) is 3.60. The molecule has 1 aromatic heterocycles. The minimum atomic E-state index is -0.0653. The van der Waals surface area contributed by atoms with Crippen molar-refractivity contribution in [1.82, 2.24) is 25.0 Å². The molecule has 1 amide bonds. The summed E-state index contributed by atoms with van der Waals surface area (Å²) >= 11 is 0. The first-order valence-electron chi connectivity index (χ1n) is 6.91. The van der Waals surface area contributed by atoms with Gasteiger partial charge in [0.1, 0.15) is 6.33 Å². The van der Waals surface area contributed by atoms with E-state index in [0.717, 1.165) is 25.2 Å². The highest BCUT2D eigenvalue weighted by Crippen LogP contribution is 2.23. The number of amides is 1. The second kappa shape index (κ2) is 5.69. The maximum absolute atomic E-state index is 12.5. The van der Waals surface area contributed by atoms with Gasteiger partial charge < -0.3 is 14.8 Å². The van der Waals surface area contributed by atoms with Crippen LogP contribution >= 0.6 is 0 Å². The zero-order valence-electron chi connectivity index (χ0n) is 12.1. The quantitative estimate of drug-likeness (QED) is 0.877. The first-order valence-corrected chi connectivity index (χ1v) is 6.91. The Hall–Kier alpha value is -1.43. The lowest BCUT2D eigenvalue weighted by Crippen LogP contribution is -2.53. The van der Waals surface area contributed by atoms with E-state index in [4.69, 9.17) is 0 Å². The summed E-state index contributed by atoms with van der Waals surface area (Å²) in [5, 5.41) is 11.3. The normalized spacial score (nSPS) is 22.1. The zero-order chi connectivity index (χ0) is 14.0. The van der Waals surface area contributed by atoms with Crippen LogP contribution in [0.1, 0.15) is 45.5 Å². The lowest BCUT2D eigenvalue weighted by molar-refractivity contribution is -0.138. The van der Waals surface area contributed by atoms with Crippen molar-refractivity contribution in [3.63, 3.8) is 0 Å². The molecule has 6 heteroatoms. The Morgan fingerprint density at radius 1 is 1.42 bits per heavy atom. The van der Waals surface area contributed by atoms with Crippen molar-refractivity contribution < 1.29 is 4.79 Å². The maximum atomic E-state index is 12.5. The summed E-state index contributed by atoms with van der Waals surface area (Å²) in [4.78, 5) is 14.4. The molecule has 0 aromatic carbocycles. The Morgan fingerprint density at radius 3 is 2.74 bits per heavy atom. The number of piperidine rings is 1. The Bertz CT molecular complexity index is 442. The average Bonchev–Trinajstić information content (AvgIpc) is 2.77. The summed E-state index contributed by atoms with van der Waals surface area (Å²) in [7, 11) is 1.91. The van der Waals surface area contributed by atoms with Crippen molar-refractivity contribution in [2.24, 2.45) is 7.05 Å². The lowest BCUT2D eigenvalue weighted by Gasteiger charge is -2.37. The molecular formula is C13H23N5O. The number of hydrogen-bond acceptors (Lipinski definition) is 4. The van der Waals surface area contributed by atoms with Gasteiger partial charge in [-0.1, -0.05) is 13.8 Å². The molecule has 1 N–H and O–H groups in total. The number of hydrogen-bond donors (Lipinski definition) is 1. The molecule has 1 aliphatic heterocycles. The maximum Gasteiger partial charge on any atom is 0.240 e. The molecule has 0 saturated carbocycles. The number of nitrogens with zero attached hydrogens (tertiary/aromatic N) is 4. The molecule has 0 aliphatic carbocycles. The van der Waals surface area contributed by atoms with Gasteiger partial charge in [0.25, 0.3) is 0 Å². The van der Waals surface area contributed by atoms with Crippen LogP contribution in [0.3, 0.4) is 0 Å². The molecule has 0 radical (unpaired) electrons. The van der Waals surface area contributed by atoms with Gasteiger partial charge in [0, 0.05) is 19.6 Å². The minimum Gasteiger partial charge on any atom is -0.331 e. The molecule has 2 heterocycles. The number of nitrogens with one attached hydrogen (secondary N) is 1. The molecule has 2 atom stereocenters. The third kappa shape index (κ3) is 2.94. The van der Waals surface area contributed by atoms with Crippen LogP contribution in [0, 0.1) is 0 Å². The molecule has 1 aromatic rings.